The average Bonchev–Trinajstić information content (AvgIpc) is 3.34. The van der Waals surface area contributed by atoms with Crippen LogP contribution in [-0.4, -0.2) is 11.8 Å². The second-order valence-electron chi connectivity index (χ2n) is 5.49. The fraction of sp³-hybridized carbons (Fsp3) is 0.176. The first kappa shape index (κ1) is 15.1. The van der Waals surface area contributed by atoms with E-state index in [9.17, 15) is 18.4 Å². The van der Waals surface area contributed by atoms with Gasteiger partial charge in [-0.3, -0.25) is 9.59 Å². The van der Waals surface area contributed by atoms with Gasteiger partial charge in [-0.15, -0.1) is 0 Å². The molecule has 4 nitrogen and oxygen atoms in total. The number of hydrogen-bond acceptors (Lipinski definition) is 2. The smallest absolute Gasteiger partial charge is 0.240 e. The fourth-order valence-corrected chi connectivity index (χ4v) is 2.28. The summed E-state index contributed by atoms with van der Waals surface area (Å²) in [4.78, 5) is 24.7. The van der Waals surface area contributed by atoms with Crippen LogP contribution in [0.1, 0.15) is 12.8 Å². The van der Waals surface area contributed by atoms with Gasteiger partial charge in [0, 0.05) is 17.4 Å². The molecule has 1 aliphatic rings. The molecule has 0 spiro atoms. The Hall–Kier alpha value is -2.76. The third-order valence-corrected chi connectivity index (χ3v) is 3.83. The first-order valence-electron chi connectivity index (χ1n) is 7.14. The van der Waals surface area contributed by atoms with Crippen LogP contribution in [0, 0.1) is 17.0 Å². The number of carbonyl (C=O) groups is 2. The van der Waals surface area contributed by atoms with Gasteiger partial charge < -0.3 is 10.6 Å². The molecule has 23 heavy (non-hydrogen) atoms. The third kappa shape index (κ3) is 3.06. The number of halogens is 2. The van der Waals surface area contributed by atoms with Crippen molar-refractivity contribution in [2.24, 2.45) is 5.41 Å². The quantitative estimate of drug-likeness (QED) is 0.850. The molecule has 0 unspecified atom stereocenters. The molecule has 2 amide bonds. The molecule has 1 saturated carbocycles. The van der Waals surface area contributed by atoms with Gasteiger partial charge in [0.15, 0.2) is 11.6 Å². The Morgan fingerprint density at radius 2 is 1.43 bits per heavy atom. The summed E-state index contributed by atoms with van der Waals surface area (Å²) in [5.74, 6) is -2.96. The molecule has 118 valence electrons. The topological polar surface area (TPSA) is 58.2 Å². The summed E-state index contributed by atoms with van der Waals surface area (Å²) in [6.07, 6.45) is 0.836. The van der Waals surface area contributed by atoms with Gasteiger partial charge in [-0.1, -0.05) is 18.2 Å². The lowest BCUT2D eigenvalue weighted by molar-refractivity contribution is -0.131. The summed E-state index contributed by atoms with van der Waals surface area (Å²) < 4.78 is 26.1. The highest BCUT2D eigenvalue weighted by Crippen LogP contribution is 2.47. The second kappa shape index (κ2) is 5.79. The molecular formula is C17H14F2N2O2. The maximum atomic E-state index is 13.2. The number of anilines is 2. The van der Waals surface area contributed by atoms with E-state index in [-0.39, 0.29) is 5.69 Å². The Morgan fingerprint density at radius 3 is 2.00 bits per heavy atom. The summed E-state index contributed by atoms with van der Waals surface area (Å²) in [5.41, 5.74) is -0.433. The van der Waals surface area contributed by atoms with Crippen molar-refractivity contribution in [2.75, 3.05) is 10.6 Å². The number of rotatable bonds is 4. The molecule has 0 aromatic heterocycles. The van der Waals surface area contributed by atoms with E-state index in [2.05, 4.69) is 10.6 Å². The Bertz CT molecular complexity index is 758. The molecule has 2 N–H and O–H groups in total. The second-order valence-corrected chi connectivity index (χ2v) is 5.49. The zero-order chi connectivity index (χ0) is 16.4. The van der Waals surface area contributed by atoms with Crippen molar-refractivity contribution in [3.8, 4) is 0 Å². The third-order valence-electron chi connectivity index (χ3n) is 3.83. The highest BCUT2D eigenvalue weighted by atomic mass is 19.2. The van der Waals surface area contributed by atoms with Crippen molar-refractivity contribution in [1.29, 1.82) is 0 Å². The summed E-state index contributed by atoms with van der Waals surface area (Å²) in [6, 6.07) is 11.9. The van der Waals surface area contributed by atoms with Crippen molar-refractivity contribution < 1.29 is 18.4 Å². The minimum atomic E-state index is -1.15. The van der Waals surface area contributed by atoms with Crippen LogP contribution in [0.25, 0.3) is 0 Å². The zero-order valence-corrected chi connectivity index (χ0v) is 12.1. The van der Waals surface area contributed by atoms with E-state index in [4.69, 9.17) is 0 Å². The van der Waals surface area contributed by atoms with Gasteiger partial charge in [-0.25, -0.2) is 8.78 Å². The minimum absolute atomic E-state index is 0.118. The lowest BCUT2D eigenvalue weighted by Gasteiger charge is -2.15. The number of para-hydroxylation sites is 1. The van der Waals surface area contributed by atoms with Gasteiger partial charge in [0.2, 0.25) is 11.8 Å². The van der Waals surface area contributed by atoms with Gasteiger partial charge in [0.25, 0.3) is 0 Å². The van der Waals surface area contributed by atoms with Gasteiger partial charge in [-0.05, 0) is 37.1 Å². The van der Waals surface area contributed by atoms with E-state index >= 15 is 0 Å². The summed E-state index contributed by atoms with van der Waals surface area (Å²) in [5, 5.41) is 5.17. The van der Waals surface area contributed by atoms with Gasteiger partial charge >= 0.3 is 0 Å². The first-order valence-corrected chi connectivity index (χ1v) is 7.14. The van der Waals surface area contributed by atoms with Crippen molar-refractivity contribution in [3.05, 3.63) is 60.2 Å². The molecule has 1 aliphatic carbocycles. The van der Waals surface area contributed by atoms with Crippen LogP contribution in [0.3, 0.4) is 0 Å². The molecule has 6 heteroatoms. The van der Waals surface area contributed by atoms with Crippen LogP contribution >= 0.6 is 0 Å². The van der Waals surface area contributed by atoms with Crippen LogP contribution in [-0.2, 0) is 9.59 Å². The summed E-state index contributed by atoms with van der Waals surface area (Å²) in [6.45, 7) is 0. The maximum absolute atomic E-state index is 13.2. The van der Waals surface area contributed by atoms with Crippen LogP contribution in [0.4, 0.5) is 20.2 Å². The highest BCUT2D eigenvalue weighted by Gasteiger charge is 2.56. The monoisotopic (exact) mass is 316 g/mol. The van der Waals surface area contributed by atoms with Crippen molar-refractivity contribution in [1.82, 2.24) is 0 Å². The Morgan fingerprint density at radius 1 is 0.826 bits per heavy atom. The van der Waals surface area contributed by atoms with Gasteiger partial charge in [0.05, 0.1) is 0 Å². The molecule has 0 saturated heterocycles. The molecule has 0 aliphatic heterocycles. The van der Waals surface area contributed by atoms with E-state index in [0.29, 0.717) is 18.5 Å². The lowest BCUT2D eigenvalue weighted by atomic mass is 10.0. The SMILES string of the molecule is O=C(Nc1ccccc1)C1(C(=O)Nc2ccc(F)c(F)c2)CC1. The number of nitrogens with one attached hydrogen (secondary N) is 2. The van der Waals surface area contributed by atoms with Crippen LogP contribution < -0.4 is 10.6 Å². The lowest BCUT2D eigenvalue weighted by Crippen LogP contribution is -2.35. The normalized spacial score (nSPS) is 14.9. The number of hydrogen-bond donors (Lipinski definition) is 2. The van der Waals surface area contributed by atoms with E-state index < -0.39 is 28.9 Å². The molecule has 0 radical (unpaired) electrons. The van der Waals surface area contributed by atoms with Crippen molar-refractivity contribution in [2.45, 2.75) is 12.8 Å². The highest BCUT2D eigenvalue weighted by molar-refractivity contribution is 6.16. The van der Waals surface area contributed by atoms with Gasteiger partial charge in [0.1, 0.15) is 5.41 Å². The maximum Gasteiger partial charge on any atom is 0.240 e. The fourth-order valence-electron chi connectivity index (χ4n) is 2.28. The van der Waals surface area contributed by atoms with Crippen molar-refractivity contribution >= 4 is 23.2 Å². The number of benzene rings is 2. The van der Waals surface area contributed by atoms with E-state index in [1.54, 1.807) is 24.3 Å². The standard InChI is InChI=1S/C17H14F2N2O2/c18-13-7-6-12(10-14(13)19)21-16(23)17(8-9-17)15(22)20-11-4-2-1-3-5-11/h1-7,10H,8-9H2,(H,20,22)(H,21,23). The summed E-state index contributed by atoms with van der Waals surface area (Å²) >= 11 is 0. The molecule has 1 fully saturated rings. The number of carbonyl (C=O) groups excluding carboxylic acids is 2. The Kier molecular flexibility index (Phi) is 3.82. The molecule has 0 atom stereocenters. The van der Waals surface area contributed by atoms with Crippen LogP contribution in [0.5, 0.6) is 0 Å². The molecule has 0 heterocycles. The van der Waals surface area contributed by atoms with Crippen LogP contribution in [0.15, 0.2) is 48.5 Å². The Balaban J connectivity index is 1.70. The number of amides is 2. The van der Waals surface area contributed by atoms with E-state index in [0.717, 1.165) is 12.1 Å². The Labute approximate surface area is 131 Å². The molecule has 2 aromatic rings. The molecular weight excluding hydrogens is 302 g/mol. The summed E-state index contributed by atoms with van der Waals surface area (Å²) in [7, 11) is 0. The first-order chi connectivity index (χ1) is 11.0. The molecule has 0 bridgehead atoms. The zero-order valence-electron chi connectivity index (χ0n) is 12.1. The predicted octanol–water partition coefficient (Wildman–Crippen LogP) is 3.32. The van der Waals surface area contributed by atoms with Crippen molar-refractivity contribution in [3.63, 3.8) is 0 Å². The molecule has 3 rings (SSSR count). The van der Waals surface area contributed by atoms with E-state index in [1.807, 2.05) is 6.07 Å². The minimum Gasteiger partial charge on any atom is -0.325 e. The van der Waals surface area contributed by atoms with E-state index in [1.165, 1.54) is 6.07 Å². The van der Waals surface area contributed by atoms with Crippen LogP contribution in [0.2, 0.25) is 0 Å². The van der Waals surface area contributed by atoms with Gasteiger partial charge in [-0.2, -0.15) is 0 Å². The average molecular weight is 316 g/mol. The molecule has 2 aromatic carbocycles. The predicted molar refractivity (Wildman–Crippen MR) is 81.7 cm³/mol. The largest absolute Gasteiger partial charge is 0.325 e.